The van der Waals surface area contributed by atoms with Crippen molar-refractivity contribution < 1.29 is 10.2 Å². The highest BCUT2D eigenvalue weighted by molar-refractivity contribution is 5.86. The summed E-state index contributed by atoms with van der Waals surface area (Å²) in [4.78, 5) is 9.94. The van der Waals surface area contributed by atoms with E-state index < -0.39 is 0 Å². The van der Waals surface area contributed by atoms with Crippen molar-refractivity contribution in [2.45, 2.75) is 136 Å². The van der Waals surface area contributed by atoms with E-state index >= 15 is 0 Å². The molecule has 39 heavy (non-hydrogen) atoms. The lowest BCUT2D eigenvalue weighted by Gasteiger charge is -2.27. The molecule has 1 aliphatic rings. The van der Waals surface area contributed by atoms with Crippen LogP contribution >= 0.6 is 0 Å². The molecule has 0 aliphatic heterocycles. The van der Waals surface area contributed by atoms with Gasteiger partial charge in [-0.05, 0) is 64.2 Å². The number of aliphatic imine (C=N–C) groups is 2. The van der Waals surface area contributed by atoms with Crippen LogP contribution in [-0.2, 0) is 21.7 Å². The van der Waals surface area contributed by atoms with Crippen LogP contribution in [0, 0.1) is 0 Å². The molecule has 2 N–H and O–H groups in total. The molecule has 0 saturated heterocycles. The zero-order valence-corrected chi connectivity index (χ0v) is 26.5. The molecule has 4 heteroatoms. The molecule has 1 fully saturated rings. The molecule has 0 aromatic heterocycles. The second-order valence-electron chi connectivity index (χ2n) is 15.5. The molecule has 2 atom stereocenters. The molecule has 0 unspecified atom stereocenters. The van der Waals surface area contributed by atoms with Crippen LogP contribution in [0.1, 0.15) is 136 Å². The Hall–Kier alpha value is -2.62. The van der Waals surface area contributed by atoms with Gasteiger partial charge in [0.1, 0.15) is 11.5 Å². The van der Waals surface area contributed by atoms with Crippen molar-refractivity contribution in [2.75, 3.05) is 0 Å². The highest BCUT2D eigenvalue weighted by Gasteiger charge is 2.28. The van der Waals surface area contributed by atoms with Crippen LogP contribution in [0.3, 0.4) is 0 Å². The first kappa shape index (κ1) is 30.9. The first-order chi connectivity index (χ1) is 17.7. The summed E-state index contributed by atoms with van der Waals surface area (Å²) < 4.78 is 0. The minimum absolute atomic E-state index is 0.0357. The van der Waals surface area contributed by atoms with E-state index in [0.29, 0.717) is 11.5 Å². The molecule has 0 spiro atoms. The highest BCUT2D eigenvalue weighted by Crippen LogP contribution is 2.39. The number of benzene rings is 2. The van der Waals surface area contributed by atoms with Crippen molar-refractivity contribution in [3.63, 3.8) is 0 Å². The van der Waals surface area contributed by atoms with Gasteiger partial charge in [-0.25, -0.2) is 0 Å². The van der Waals surface area contributed by atoms with Gasteiger partial charge >= 0.3 is 0 Å². The van der Waals surface area contributed by atoms with Crippen LogP contribution in [-0.4, -0.2) is 34.7 Å². The van der Waals surface area contributed by atoms with Crippen LogP contribution < -0.4 is 0 Å². The standard InChI is InChI=1S/C35H52N2O2/c1-32(2,3)24-16-22(30(38)26(18-24)34(7,8)9)20-36-28-14-13-15-29(28)37-21-23-17-25(33(4,5)6)19-27(31(23)39)35(10,11)12/h16-21,28-29,38-39H,13-15H2,1-12H3/b36-20+,37-21+/t28-,29-/m0/s1. The zero-order valence-electron chi connectivity index (χ0n) is 26.5. The van der Waals surface area contributed by atoms with E-state index in [1.807, 2.05) is 12.4 Å². The third-order valence-corrected chi connectivity index (χ3v) is 7.88. The summed E-state index contributed by atoms with van der Waals surface area (Å²) in [6.07, 6.45) is 6.70. The van der Waals surface area contributed by atoms with Crippen molar-refractivity contribution in [1.82, 2.24) is 0 Å². The Bertz CT molecular complexity index is 1140. The summed E-state index contributed by atoms with van der Waals surface area (Å²) in [5, 5.41) is 22.3. The molecule has 0 amide bonds. The molecule has 1 aliphatic carbocycles. The second kappa shape index (κ2) is 10.7. The lowest BCUT2D eigenvalue weighted by molar-refractivity contribution is 0.443. The maximum absolute atomic E-state index is 11.2. The number of rotatable bonds is 4. The number of hydrogen-bond donors (Lipinski definition) is 2. The van der Waals surface area contributed by atoms with Crippen LogP contribution in [0.25, 0.3) is 0 Å². The molecule has 2 aromatic rings. The van der Waals surface area contributed by atoms with Crippen molar-refractivity contribution >= 4 is 12.4 Å². The Morgan fingerprint density at radius 2 is 0.897 bits per heavy atom. The maximum atomic E-state index is 11.2. The van der Waals surface area contributed by atoms with Crippen molar-refractivity contribution in [3.8, 4) is 11.5 Å². The molecule has 214 valence electrons. The van der Waals surface area contributed by atoms with Gasteiger partial charge in [-0.3, -0.25) is 9.98 Å². The average Bonchev–Trinajstić information content (AvgIpc) is 3.21. The summed E-state index contributed by atoms with van der Waals surface area (Å²) in [6, 6.07) is 8.52. The fourth-order valence-corrected chi connectivity index (χ4v) is 5.14. The summed E-state index contributed by atoms with van der Waals surface area (Å²) in [5.41, 5.74) is 5.39. The number of phenolic OH excluding ortho intramolecular Hbond substituents is 2. The molecule has 1 saturated carbocycles. The Balaban J connectivity index is 1.96. The molecular formula is C35H52N2O2. The predicted molar refractivity (Wildman–Crippen MR) is 168 cm³/mol. The Labute approximate surface area is 237 Å². The van der Waals surface area contributed by atoms with Gasteiger partial charge in [0.25, 0.3) is 0 Å². The normalized spacial score (nSPS) is 19.5. The number of hydrogen-bond acceptors (Lipinski definition) is 4. The topological polar surface area (TPSA) is 65.2 Å². The van der Waals surface area contributed by atoms with Gasteiger partial charge in [0.15, 0.2) is 0 Å². The van der Waals surface area contributed by atoms with Crippen molar-refractivity contribution in [2.24, 2.45) is 9.98 Å². The SMILES string of the molecule is CC(C)(C)c1cc(/C=N/[C@H]2CCC[C@@H]2/N=C/c2cc(C(C)(C)C)cc(C(C)(C)C)c2O)c(O)c(C(C)(C)C)c1. The fourth-order valence-electron chi connectivity index (χ4n) is 5.14. The van der Waals surface area contributed by atoms with E-state index in [1.165, 1.54) is 11.1 Å². The highest BCUT2D eigenvalue weighted by atomic mass is 16.3. The van der Waals surface area contributed by atoms with Gasteiger partial charge < -0.3 is 10.2 Å². The lowest BCUT2D eigenvalue weighted by Crippen LogP contribution is -2.19. The smallest absolute Gasteiger partial charge is 0.128 e. The van der Waals surface area contributed by atoms with Crippen LogP contribution in [0.4, 0.5) is 0 Å². The van der Waals surface area contributed by atoms with Gasteiger partial charge in [0.05, 0.1) is 12.1 Å². The number of phenols is 2. The monoisotopic (exact) mass is 532 g/mol. The molecule has 2 aromatic carbocycles. The summed E-state index contributed by atoms with van der Waals surface area (Å²) in [7, 11) is 0. The van der Waals surface area contributed by atoms with Gasteiger partial charge in [-0.1, -0.05) is 95.2 Å². The third kappa shape index (κ3) is 7.32. The first-order valence-corrected chi connectivity index (χ1v) is 14.5. The molecule has 4 nitrogen and oxygen atoms in total. The predicted octanol–water partition coefficient (Wildman–Crippen LogP) is 8.75. The van der Waals surface area contributed by atoms with Gasteiger partial charge in [0, 0.05) is 34.7 Å². The molecule has 0 radical (unpaired) electrons. The van der Waals surface area contributed by atoms with E-state index in [-0.39, 0.29) is 33.7 Å². The minimum atomic E-state index is -0.177. The van der Waals surface area contributed by atoms with Crippen molar-refractivity contribution in [1.29, 1.82) is 0 Å². The quantitative estimate of drug-likeness (QED) is 0.387. The molecule has 3 rings (SSSR count). The summed E-state index contributed by atoms with van der Waals surface area (Å²) >= 11 is 0. The fraction of sp³-hybridized carbons (Fsp3) is 0.600. The zero-order chi connectivity index (χ0) is 29.6. The van der Waals surface area contributed by atoms with E-state index in [9.17, 15) is 10.2 Å². The second-order valence-corrected chi connectivity index (χ2v) is 15.5. The Morgan fingerprint density at radius 1 is 0.564 bits per heavy atom. The molecule has 0 bridgehead atoms. The maximum Gasteiger partial charge on any atom is 0.128 e. The lowest BCUT2D eigenvalue weighted by atomic mass is 9.79. The number of aromatic hydroxyl groups is 2. The number of nitrogens with zero attached hydrogens (tertiary/aromatic N) is 2. The Morgan fingerprint density at radius 3 is 1.18 bits per heavy atom. The Kier molecular flexibility index (Phi) is 8.52. The third-order valence-electron chi connectivity index (χ3n) is 7.88. The van der Waals surface area contributed by atoms with Crippen LogP contribution in [0.2, 0.25) is 0 Å². The van der Waals surface area contributed by atoms with E-state index in [4.69, 9.17) is 9.98 Å². The molecule has 0 heterocycles. The van der Waals surface area contributed by atoms with E-state index in [0.717, 1.165) is 41.5 Å². The average molecular weight is 533 g/mol. The van der Waals surface area contributed by atoms with E-state index in [1.54, 1.807) is 0 Å². The largest absolute Gasteiger partial charge is 0.507 e. The van der Waals surface area contributed by atoms with E-state index in [2.05, 4.69) is 107 Å². The summed E-state index contributed by atoms with van der Waals surface area (Å²) in [5.74, 6) is 0.631. The first-order valence-electron chi connectivity index (χ1n) is 14.5. The van der Waals surface area contributed by atoms with Gasteiger partial charge in [0.2, 0.25) is 0 Å². The summed E-state index contributed by atoms with van der Waals surface area (Å²) in [6.45, 7) is 26.0. The van der Waals surface area contributed by atoms with Crippen LogP contribution in [0.5, 0.6) is 11.5 Å². The minimum Gasteiger partial charge on any atom is -0.507 e. The van der Waals surface area contributed by atoms with Crippen molar-refractivity contribution in [3.05, 3.63) is 57.6 Å². The van der Waals surface area contributed by atoms with Gasteiger partial charge in [-0.15, -0.1) is 0 Å². The van der Waals surface area contributed by atoms with Crippen LogP contribution in [0.15, 0.2) is 34.3 Å². The van der Waals surface area contributed by atoms with Gasteiger partial charge in [-0.2, -0.15) is 0 Å². The molecular weight excluding hydrogens is 480 g/mol.